The molecular weight excluding hydrogens is 260 g/mol. The molecule has 4 fully saturated rings. The number of rotatable bonds is 5. The van der Waals surface area contributed by atoms with Crippen molar-refractivity contribution in [2.75, 3.05) is 20.1 Å². The summed E-state index contributed by atoms with van der Waals surface area (Å²) in [7, 11) is 2.25. The van der Waals surface area contributed by atoms with Crippen LogP contribution < -0.4 is 0 Å². The van der Waals surface area contributed by atoms with Gasteiger partial charge in [-0.3, -0.25) is 4.79 Å². The second-order valence-corrected chi connectivity index (χ2v) is 8.03. The molecule has 118 valence electrons. The van der Waals surface area contributed by atoms with E-state index in [0.717, 1.165) is 30.7 Å². The lowest BCUT2D eigenvalue weighted by molar-refractivity contribution is -0.134. The van der Waals surface area contributed by atoms with Gasteiger partial charge in [-0.1, -0.05) is 0 Å². The van der Waals surface area contributed by atoms with Crippen molar-refractivity contribution in [2.45, 2.75) is 69.9 Å². The Labute approximate surface area is 129 Å². The second kappa shape index (κ2) is 5.57. The molecule has 2 aliphatic carbocycles. The smallest absolute Gasteiger partial charge is 0.223 e. The zero-order valence-corrected chi connectivity index (χ0v) is 13.5. The van der Waals surface area contributed by atoms with Gasteiger partial charge in [0.25, 0.3) is 0 Å². The highest BCUT2D eigenvalue weighted by Gasteiger charge is 2.44. The Balaban J connectivity index is 1.40. The van der Waals surface area contributed by atoms with Gasteiger partial charge in [0.2, 0.25) is 5.91 Å². The fourth-order valence-corrected chi connectivity index (χ4v) is 5.01. The summed E-state index contributed by atoms with van der Waals surface area (Å²) >= 11 is 0. The number of carbonyl (C=O) groups excluding carboxylic acids is 1. The maximum absolute atomic E-state index is 12.9. The monoisotopic (exact) mass is 290 g/mol. The van der Waals surface area contributed by atoms with Crippen molar-refractivity contribution >= 4 is 5.91 Å². The molecule has 0 aromatic heterocycles. The Kier molecular flexibility index (Phi) is 3.72. The molecule has 0 radical (unpaired) electrons. The molecule has 3 nitrogen and oxygen atoms in total. The number of hydrogen-bond acceptors (Lipinski definition) is 2. The third kappa shape index (κ3) is 2.86. The fraction of sp³-hybridized carbons (Fsp3) is 0.944. The first-order chi connectivity index (χ1) is 10.2. The molecule has 0 spiro atoms. The minimum Gasteiger partial charge on any atom is -0.338 e. The summed E-state index contributed by atoms with van der Waals surface area (Å²) < 4.78 is 0. The maximum atomic E-state index is 12.9. The van der Waals surface area contributed by atoms with Gasteiger partial charge in [-0.25, -0.2) is 0 Å². The summed E-state index contributed by atoms with van der Waals surface area (Å²) in [6.45, 7) is 2.24. The Morgan fingerprint density at radius 1 is 0.952 bits per heavy atom. The average Bonchev–Trinajstić information content (AvgIpc) is 3.39. The lowest BCUT2D eigenvalue weighted by Gasteiger charge is -2.34. The predicted octanol–water partition coefficient (Wildman–Crippen LogP) is 2.90. The molecule has 3 heteroatoms. The summed E-state index contributed by atoms with van der Waals surface area (Å²) in [5, 5.41) is 0. The predicted molar refractivity (Wildman–Crippen MR) is 83.9 cm³/mol. The van der Waals surface area contributed by atoms with Gasteiger partial charge in [-0.15, -0.1) is 0 Å². The van der Waals surface area contributed by atoms with Crippen LogP contribution in [0.4, 0.5) is 0 Å². The number of amides is 1. The van der Waals surface area contributed by atoms with Crippen LogP contribution in [0.15, 0.2) is 0 Å². The molecule has 0 bridgehead atoms. The average molecular weight is 290 g/mol. The van der Waals surface area contributed by atoms with Crippen molar-refractivity contribution < 1.29 is 4.79 Å². The van der Waals surface area contributed by atoms with E-state index in [1.165, 1.54) is 57.9 Å². The number of carbonyl (C=O) groups is 1. The number of likely N-dealkylation sites (tertiary alicyclic amines) is 2. The molecule has 0 aromatic rings. The molecule has 1 amide bonds. The van der Waals surface area contributed by atoms with E-state index in [2.05, 4.69) is 16.8 Å². The third-order valence-electron chi connectivity index (χ3n) is 6.51. The van der Waals surface area contributed by atoms with E-state index in [1.54, 1.807) is 0 Å². The van der Waals surface area contributed by atoms with Crippen molar-refractivity contribution in [2.24, 2.45) is 17.8 Å². The van der Waals surface area contributed by atoms with E-state index in [1.807, 2.05) is 0 Å². The van der Waals surface area contributed by atoms with Gasteiger partial charge in [0.15, 0.2) is 0 Å². The zero-order valence-electron chi connectivity index (χ0n) is 13.5. The number of likely N-dealkylation sites (N-methyl/N-ethyl adjacent to an activating group) is 1. The van der Waals surface area contributed by atoms with Crippen molar-refractivity contribution in [1.29, 1.82) is 0 Å². The normalized spacial score (nSPS) is 34.1. The molecule has 2 aliphatic heterocycles. The first kappa shape index (κ1) is 14.0. The molecule has 2 saturated heterocycles. The minimum atomic E-state index is 0.488. The maximum Gasteiger partial charge on any atom is 0.223 e. The molecule has 0 N–H and O–H groups in total. The molecule has 2 heterocycles. The van der Waals surface area contributed by atoms with Gasteiger partial charge in [0, 0.05) is 25.0 Å². The topological polar surface area (TPSA) is 23.6 Å². The lowest BCUT2D eigenvalue weighted by Crippen LogP contribution is -2.47. The Bertz CT molecular complexity index is 390. The Morgan fingerprint density at radius 2 is 1.57 bits per heavy atom. The third-order valence-corrected chi connectivity index (χ3v) is 6.51. The van der Waals surface area contributed by atoms with Crippen LogP contribution in [0, 0.1) is 17.8 Å². The van der Waals surface area contributed by atoms with Gasteiger partial charge in [0.1, 0.15) is 0 Å². The summed E-state index contributed by atoms with van der Waals surface area (Å²) in [6, 6.07) is 1.15. The van der Waals surface area contributed by atoms with Gasteiger partial charge in [-0.05, 0) is 82.7 Å². The van der Waals surface area contributed by atoms with Crippen LogP contribution in [0.1, 0.15) is 57.8 Å². The van der Waals surface area contributed by atoms with Crippen LogP contribution in [-0.2, 0) is 4.79 Å². The molecule has 0 aromatic carbocycles. The summed E-state index contributed by atoms with van der Waals surface area (Å²) in [6.07, 6.45) is 11.5. The van der Waals surface area contributed by atoms with Crippen molar-refractivity contribution in [3.63, 3.8) is 0 Å². The van der Waals surface area contributed by atoms with E-state index >= 15 is 0 Å². The van der Waals surface area contributed by atoms with E-state index in [9.17, 15) is 4.79 Å². The quantitative estimate of drug-likeness (QED) is 0.777. The Morgan fingerprint density at radius 3 is 2.14 bits per heavy atom. The molecule has 0 unspecified atom stereocenters. The molecule has 2 atom stereocenters. The molecule has 4 aliphatic rings. The molecule has 2 saturated carbocycles. The summed E-state index contributed by atoms with van der Waals surface area (Å²) in [5.74, 6) is 3.02. The van der Waals surface area contributed by atoms with E-state index < -0.39 is 0 Å². The van der Waals surface area contributed by atoms with E-state index in [-0.39, 0.29) is 0 Å². The first-order valence-corrected chi connectivity index (χ1v) is 9.24. The highest BCUT2D eigenvalue weighted by molar-refractivity contribution is 5.77. The molecular formula is C18H30N2O. The van der Waals surface area contributed by atoms with Crippen LogP contribution in [0.2, 0.25) is 0 Å². The first-order valence-electron chi connectivity index (χ1n) is 9.24. The van der Waals surface area contributed by atoms with Crippen LogP contribution >= 0.6 is 0 Å². The van der Waals surface area contributed by atoms with Gasteiger partial charge in [-0.2, -0.15) is 0 Å². The number of hydrogen-bond donors (Lipinski definition) is 0. The van der Waals surface area contributed by atoms with Crippen molar-refractivity contribution in [1.82, 2.24) is 9.80 Å². The van der Waals surface area contributed by atoms with Gasteiger partial charge >= 0.3 is 0 Å². The molecule has 4 rings (SSSR count). The Hall–Kier alpha value is -0.570. The second-order valence-electron chi connectivity index (χ2n) is 8.03. The standard InChI is InChI=1S/C18H30N2O/c1-19-10-2-4-16(19)17-5-3-11-20(17)18(21)12-15(13-6-7-13)14-8-9-14/h13-17H,2-12H2,1H3/t16-,17-/m1/s1. The van der Waals surface area contributed by atoms with Crippen LogP contribution in [0.3, 0.4) is 0 Å². The zero-order chi connectivity index (χ0) is 14.4. The minimum absolute atomic E-state index is 0.488. The van der Waals surface area contributed by atoms with Crippen LogP contribution in [0.5, 0.6) is 0 Å². The van der Waals surface area contributed by atoms with E-state index in [0.29, 0.717) is 18.0 Å². The molecule has 21 heavy (non-hydrogen) atoms. The fourth-order valence-electron chi connectivity index (χ4n) is 5.01. The van der Waals surface area contributed by atoms with Crippen LogP contribution in [0.25, 0.3) is 0 Å². The van der Waals surface area contributed by atoms with Crippen molar-refractivity contribution in [3.05, 3.63) is 0 Å². The van der Waals surface area contributed by atoms with Gasteiger partial charge < -0.3 is 9.80 Å². The lowest BCUT2D eigenvalue weighted by atomic mass is 9.93. The highest BCUT2D eigenvalue weighted by Crippen LogP contribution is 2.51. The number of nitrogens with zero attached hydrogens (tertiary/aromatic N) is 2. The summed E-state index contributed by atoms with van der Waals surface area (Å²) in [5.41, 5.74) is 0. The SMILES string of the molecule is CN1CCC[C@@H]1[C@H]1CCCN1C(=O)CC(C1CC1)C1CC1. The van der Waals surface area contributed by atoms with Crippen molar-refractivity contribution in [3.8, 4) is 0 Å². The largest absolute Gasteiger partial charge is 0.338 e. The van der Waals surface area contributed by atoms with Crippen LogP contribution in [-0.4, -0.2) is 47.9 Å². The van der Waals surface area contributed by atoms with E-state index in [4.69, 9.17) is 0 Å². The van der Waals surface area contributed by atoms with Gasteiger partial charge in [0.05, 0.1) is 0 Å². The summed E-state index contributed by atoms with van der Waals surface area (Å²) in [4.78, 5) is 17.7. The highest BCUT2D eigenvalue weighted by atomic mass is 16.2.